The molecule has 6 nitrogen and oxygen atoms in total. The summed E-state index contributed by atoms with van der Waals surface area (Å²) in [6.45, 7) is 0.625. The van der Waals surface area contributed by atoms with Gasteiger partial charge in [-0.15, -0.1) is 0 Å². The van der Waals surface area contributed by atoms with Crippen LogP contribution in [0, 0.1) is 0 Å². The van der Waals surface area contributed by atoms with Gasteiger partial charge in [0.2, 0.25) is 0 Å². The molecule has 0 aliphatic carbocycles. The molecule has 1 unspecified atom stereocenters. The van der Waals surface area contributed by atoms with Crippen LogP contribution in [0.1, 0.15) is 15.1 Å². The molecule has 1 atom stereocenters. The van der Waals surface area contributed by atoms with Gasteiger partial charge in [-0.05, 0) is 0 Å². The molecule has 0 amide bonds. The molecule has 8 heteroatoms. The second kappa shape index (κ2) is 6.39. The number of nitrogens with zero attached hydrogens (tertiary/aromatic N) is 4. The van der Waals surface area contributed by atoms with E-state index in [0.29, 0.717) is 43.6 Å². The Labute approximate surface area is 162 Å². The third-order valence-corrected chi connectivity index (χ3v) is 7.66. The van der Waals surface area contributed by atoms with Crippen molar-refractivity contribution in [3.63, 3.8) is 0 Å². The first-order valence-electron chi connectivity index (χ1n) is 7.95. The van der Waals surface area contributed by atoms with E-state index in [1.165, 1.54) is 27.2 Å². The second-order valence-electron chi connectivity index (χ2n) is 6.18. The predicted molar refractivity (Wildman–Crippen MR) is 95.7 cm³/mol. The fourth-order valence-electron chi connectivity index (χ4n) is 2.98. The zero-order chi connectivity index (χ0) is 17.7. The van der Waals surface area contributed by atoms with Gasteiger partial charge in [-0.3, -0.25) is 0 Å². The summed E-state index contributed by atoms with van der Waals surface area (Å²) in [7, 11) is 3.13. The molecule has 1 aliphatic heterocycles. The van der Waals surface area contributed by atoms with Crippen molar-refractivity contribution >= 4 is 27.1 Å². The van der Waals surface area contributed by atoms with E-state index < -0.39 is 0 Å². The van der Waals surface area contributed by atoms with Gasteiger partial charge in [0.25, 0.3) is 0 Å². The number of aromatic nitrogens is 4. The van der Waals surface area contributed by atoms with E-state index >= 15 is 0 Å². The van der Waals surface area contributed by atoms with Crippen molar-refractivity contribution in [1.29, 1.82) is 0 Å². The molecule has 0 spiro atoms. The number of aryl methyl sites for hydroxylation is 3. The number of benzene rings is 1. The molecule has 132 valence electrons. The van der Waals surface area contributed by atoms with Gasteiger partial charge < -0.3 is 0 Å². The molecule has 0 N–H and O–H groups in total. The van der Waals surface area contributed by atoms with E-state index in [2.05, 4.69) is 45.2 Å². The van der Waals surface area contributed by atoms with Crippen LogP contribution in [-0.4, -0.2) is 23.1 Å². The SMILES string of the molecule is Cn1c(=O)c2c(nc(Br)n2CCc2ccc(C3C[I-]3)cc2)n(C)c1=O. The Morgan fingerprint density at radius 1 is 1.20 bits per heavy atom. The van der Waals surface area contributed by atoms with Crippen LogP contribution in [-0.2, 0) is 27.1 Å². The minimum atomic E-state index is -0.367. The van der Waals surface area contributed by atoms with Crippen molar-refractivity contribution in [2.45, 2.75) is 16.9 Å². The average Bonchev–Trinajstić information content (AvgIpc) is 3.40. The Morgan fingerprint density at radius 2 is 1.88 bits per heavy atom. The molecule has 1 aliphatic rings. The quantitative estimate of drug-likeness (QED) is 0.243. The maximum atomic E-state index is 12.5. The van der Waals surface area contributed by atoms with E-state index in [9.17, 15) is 9.59 Å². The summed E-state index contributed by atoms with van der Waals surface area (Å²) in [5, 5.41) is 0. The number of hydrogen-bond acceptors (Lipinski definition) is 3. The summed E-state index contributed by atoms with van der Waals surface area (Å²) in [6.07, 6.45) is 0.802. The third kappa shape index (κ3) is 2.99. The number of alkyl halides is 2. The molecule has 4 rings (SSSR count). The molecule has 1 saturated heterocycles. The maximum absolute atomic E-state index is 12.5. The number of rotatable bonds is 4. The van der Waals surface area contributed by atoms with Crippen molar-refractivity contribution in [3.05, 3.63) is 61.0 Å². The summed E-state index contributed by atoms with van der Waals surface area (Å²) >= 11 is 3.86. The Hall–Kier alpha value is -1.42. The van der Waals surface area contributed by atoms with Crippen molar-refractivity contribution in [2.24, 2.45) is 14.1 Å². The molecule has 3 heterocycles. The zero-order valence-corrected chi connectivity index (χ0v) is 17.6. The van der Waals surface area contributed by atoms with Crippen LogP contribution in [0.2, 0.25) is 0 Å². The normalized spacial score (nSPS) is 16.8. The summed E-state index contributed by atoms with van der Waals surface area (Å²) < 4.78 is 7.22. The van der Waals surface area contributed by atoms with Gasteiger partial charge in [0.1, 0.15) is 0 Å². The standard InChI is InChI=1S/C17H17BrIN4O2/c1-21-14-13(15(24)22(2)17(21)25)23(16(18)20-14)8-7-10-3-5-11(6-4-10)12-9-19-12/h3-6,12H,7-9H2,1-2H3/q-1. The number of halogens is 2. The molecule has 25 heavy (non-hydrogen) atoms. The van der Waals surface area contributed by atoms with Crippen molar-refractivity contribution in [2.75, 3.05) is 4.43 Å². The van der Waals surface area contributed by atoms with Crippen LogP contribution in [0.3, 0.4) is 0 Å². The monoisotopic (exact) mass is 515 g/mol. The van der Waals surface area contributed by atoms with Crippen LogP contribution in [0.15, 0.2) is 38.6 Å². The zero-order valence-electron chi connectivity index (χ0n) is 13.9. The van der Waals surface area contributed by atoms with E-state index in [0.717, 1.165) is 14.9 Å². The van der Waals surface area contributed by atoms with Gasteiger partial charge in [0, 0.05) is 0 Å². The predicted octanol–water partition coefficient (Wildman–Crippen LogP) is -1.42. The van der Waals surface area contributed by atoms with Gasteiger partial charge in [-0.2, -0.15) is 0 Å². The molecule has 1 aromatic carbocycles. The first-order chi connectivity index (χ1) is 12.0. The molecular weight excluding hydrogens is 499 g/mol. The van der Waals surface area contributed by atoms with Gasteiger partial charge in [-0.1, -0.05) is 0 Å². The Morgan fingerprint density at radius 3 is 2.52 bits per heavy atom. The summed E-state index contributed by atoms with van der Waals surface area (Å²) in [4.78, 5) is 29.0. The molecule has 2 aromatic heterocycles. The van der Waals surface area contributed by atoms with E-state index in [4.69, 9.17) is 0 Å². The van der Waals surface area contributed by atoms with E-state index in [1.54, 1.807) is 7.05 Å². The Kier molecular flexibility index (Phi) is 4.35. The van der Waals surface area contributed by atoms with E-state index in [1.807, 2.05) is 4.57 Å². The average molecular weight is 516 g/mol. The van der Waals surface area contributed by atoms with Crippen LogP contribution in [0.5, 0.6) is 0 Å². The third-order valence-electron chi connectivity index (χ3n) is 4.58. The molecular formula is C17H17BrIN4O2-. The fraction of sp³-hybridized carbons (Fsp3) is 0.353. The van der Waals surface area contributed by atoms with Crippen LogP contribution >= 0.6 is 15.9 Å². The second-order valence-corrected chi connectivity index (χ2v) is 10.2. The smallest absolute Gasteiger partial charge is 0.247 e. The molecule has 0 bridgehead atoms. The van der Waals surface area contributed by atoms with Gasteiger partial charge in [0.05, 0.1) is 0 Å². The van der Waals surface area contributed by atoms with Crippen LogP contribution < -0.4 is 32.5 Å². The summed E-state index contributed by atoms with van der Waals surface area (Å²) in [5.41, 5.74) is 2.88. The van der Waals surface area contributed by atoms with Gasteiger partial charge >= 0.3 is 159 Å². The molecule has 0 saturated carbocycles. The topological polar surface area (TPSA) is 61.8 Å². The molecule has 1 fully saturated rings. The van der Waals surface area contributed by atoms with E-state index in [-0.39, 0.29) is 11.2 Å². The van der Waals surface area contributed by atoms with Crippen molar-refractivity contribution < 1.29 is 21.2 Å². The van der Waals surface area contributed by atoms with Gasteiger partial charge in [-0.25, -0.2) is 4.79 Å². The minimum Gasteiger partial charge on any atom is -0.247 e. The minimum absolute atomic E-state index is 0.315. The number of fused-ring (bicyclic) bond motifs is 1. The van der Waals surface area contributed by atoms with Crippen molar-refractivity contribution in [1.82, 2.24) is 18.7 Å². The Bertz CT molecular complexity index is 1080. The molecule has 3 aromatic rings. The number of hydrogen-bond donors (Lipinski definition) is 0. The van der Waals surface area contributed by atoms with Crippen molar-refractivity contribution in [3.8, 4) is 0 Å². The first-order valence-corrected chi connectivity index (χ1v) is 11.5. The van der Waals surface area contributed by atoms with Gasteiger partial charge in [0.15, 0.2) is 0 Å². The summed E-state index contributed by atoms with van der Waals surface area (Å²) in [5.74, 6) is 0. The fourth-order valence-corrected chi connectivity index (χ4v) is 5.19. The van der Waals surface area contributed by atoms with Crippen LogP contribution in [0.25, 0.3) is 11.2 Å². The number of imidazole rings is 1. The first kappa shape index (κ1) is 17.0. The Balaban J connectivity index is 1.68. The summed E-state index contributed by atoms with van der Waals surface area (Å²) in [6, 6.07) is 8.82. The molecule has 0 radical (unpaired) electrons. The van der Waals surface area contributed by atoms with Crippen LogP contribution in [0.4, 0.5) is 0 Å².